The first-order chi connectivity index (χ1) is 3.22. The zero-order valence-corrected chi connectivity index (χ0v) is 4.05. The molecule has 0 aromatic heterocycles. The quantitative estimate of drug-likeness (QED) is 0.448. The molecule has 0 N–H and O–H groups in total. The SMILES string of the molecule is C=C1C(C)ON1[O-]. The summed E-state index contributed by atoms with van der Waals surface area (Å²) in [7, 11) is 0. The first kappa shape index (κ1) is 4.61. The van der Waals surface area contributed by atoms with E-state index in [1.807, 2.05) is 0 Å². The Balaban J connectivity index is 2.44. The molecular formula is C4H6NO2-. The molecule has 0 aromatic carbocycles. The molecule has 7 heavy (non-hydrogen) atoms. The number of nitrogens with zero attached hydrogens (tertiary/aromatic N) is 1. The van der Waals surface area contributed by atoms with Crippen LogP contribution in [-0.4, -0.2) is 11.3 Å². The lowest BCUT2D eigenvalue weighted by atomic mass is 10.3. The van der Waals surface area contributed by atoms with Crippen molar-refractivity contribution in [2.45, 2.75) is 13.0 Å². The number of rotatable bonds is 0. The Morgan fingerprint density at radius 2 is 2.57 bits per heavy atom. The van der Waals surface area contributed by atoms with Gasteiger partial charge < -0.3 is 10.4 Å². The van der Waals surface area contributed by atoms with Gasteiger partial charge in [-0.05, 0) is 6.92 Å². The summed E-state index contributed by atoms with van der Waals surface area (Å²) in [5.74, 6) is 0. The summed E-state index contributed by atoms with van der Waals surface area (Å²) < 4.78 is 0. The van der Waals surface area contributed by atoms with Crippen molar-refractivity contribution in [3.8, 4) is 0 Å². The highest BCUT2D eigenvalue weighted by atomic mass is 16.9. The molecule has 3 heteroatoms. The van der Waals surface area contributed by atoms with E-state index < -0.39 is 0 Å². The van der Waals surface area contributed by atoms with E-state index in [1.165, 1.54) is 0 Å². The lowest BCUT2D eigenvalue weighted by molar-refractivity contribution is -0.211. The second-order valence-electron chi connectivity index (χ2n) is 1.50. The van der Waals surface area contributed by atoms with Crippen LogP contribution in [0, 0.1) is 5.21 Å². The molecule has 0 aromatic rings. The number of hydroxylamine groups is 2. The Labute approximate surface area is 41.7 Å². The van der Waals surface area contributed by atoms with E-state index in [0.717, 1.165) is 0 Å². The number of hydrogen-bond acceptors (Lipinski definition) is 3. The highest BCUT2D eigenvalue weighted by Gasteiger charge is 2.19. The summed E-state index contributed by atoms with van der Waals surface area (Å²) >= 11 is 0. The zero-order chi connectivity index (χ0) is 5.44. The first-order valence-electron chi connectivity index (χ1n) is 2.04. The molecule has 0 bridgehead atoms. The Bertz CT molecular complexity index is 91.9. The van der Waals surface area contributed by atoms with Crippen LogP contribution in [0.25, 0.3) is 0 Å². The lowest BCUT2D eigenvalue weighted by Crippen LogP contribution is -2.38. The fourth-order valence-electron chi connectivity index (χ4n) is 0.371. The van der Waals surface area contributed by atoms with Crippen molar-refractivity contribution in [3.05, 3.63) is 17.5 Å². The topological polar surface area (TPSA) is 35.5 Å². The molecule has 0 spiro atoms. The molecule has 1 fully saturated rings. The van der Waals surface area contributed by atoms with Crippen LogP contribution >= 0.6 is 0 Å². The van der Waals surface area contributed by atoms with E-state index >= 15 is 0 Å². The normalized spacial score (nSPS) is 30.3. The lowest BCUT2D eigenvalue weighted by Gasteiger charge is -2.44. The van der Waals surface area contributed by atoms with Crippen molar-refractivity contribution in [2.75, 3.05) is 0 Å². The van der Waals surface area contributed by atoms with Crippen molar-refractivity contribution < 1.29 is 4.84 Å². The third-order valence-corrected chi connectivity index (χ3v) is 0.958. The highest BCUT2D eigenvalue weighted by molar-refractivity contribution is 5.03. The Kier molecular flexibility index (Phi) is 0.800. The van der Waals surface area contributed by atoms with Crippen molar-refractivity contribution in [1.29, 1.82) is 0 Å². The summed E-state index contributed by atoms with van der Waals surface area (Å²) in [5, 5.41) is 10.5. The van der Waals surface area contributed by atoms with Crippen LogP contribution in [0.4, 0.5) is 0 Å². The van der Waals surface area contributed by atoms with Crippen LogP contribution in [0.1, 0.15) is 6.92 Å². The summed E-state index contributed by atoms with van der Waals surface area (Å²) in [6.07, 6.45) is -0.0718. The average Bonchev–Trinajstić information content (AvgIpc) is 1.68. The Morgan fingerprint density at radius 1 is 2.00 bits per heavy atom. The highest BCUT2D eigenvalue weighted by Crippen LogP contribution is 2.21. The second-order valence-corrected chi connectivity index (χ2v) is 1.50. The van der Waals surface area contributed by atoms with Crippen molar-refractivity contribution in [3.63, 3.8) is 0 Å². The minimum atomic E-state index is -0.0718. The van der Waals surface area contributed by atoms with E-state index in [9.17, 15) is 5.21 Å². The van der Waals surface area contributed by atoms with Crippen LogP contribution in [0.15, 0.2) is 12.3 Å². The standard InChI is InChI=1S/C4H6NO2/c1-3-4(2)7-5(3)6/h4H,1H2,2H3/q-1. The maximum absolute atomic E-state index is 10.0. The minimum absolute atomic E-state index is 0.0718. The largest absolute Gasteiger partial charge is 0.734 e. The molecule has 40 valence electrons. The maximum atomic E-state index is 10.0. The molecule has 0 aliphatic carbocycles. The summed E-state index contributed by atoms with van der Waals surface area (Å²) in [4.78, 5) is 4.43. The third-order valence-electron chi connectivity index (χ3n) is 0.958. The number of hydrogen-bond donors (Lipinski definition) is 0. The minimum Gasteiger partial charge on any atom is -0.734 e. The first-order valence-corrected chi connectivity index (χ1v) is 2.04. The molecule has 1 saturated heterocycles. The van der Waals surface area contributed by atoms with Gasteiger partial charge in [-0.25, -0.2) is 0 Å². The van der Waals surface area contributed by atoms with Crippen LogP contribution in [0.5, 0.6) is 0 Å². The van der Waals surface area contributed by atoms with Gasteiger partial charge in [0.05, 0.1) is 5.70 Å². The molecule has 1 aliphatic rings. The zero-order valence-electron chi connectivity index (χ0n) is 4.05. The van der Waals surface area contributed by atoms with Gasteiger partial charge >= 0.3 is 0 Å². The molecule has 0 saturated carbocycles. The Hall–Kier alpha value is -0.540. The van der Waals surface area contributed by atoms with E-state index in [2.05, 4.69) is 11.4 Å². The summed E-state index contributed by atoms with van der Waals surface area (Å²) in [6.45, 7) is 5.19. The molecule has 0 amide bonds. The van der Waals surface area contributed by atoms with Gasteiger partial charge in [0.25, 0.3) is 0 Å². The molecule has 1 rings (SSSR count). The van der Waals surface area contributed by atoms with Crippen molar-refractivity contribution in [2.24, 2.45) is 0 Å². The van der Waals surface area contributed by atoms with Crippen molar-refractivity contribution in [1.82, 2.24) is 5.23 Å². The van der Waals surface area contributed by atoms with Crippen LogP contribution in [-0.2, 0) is 4.84 Å². The van der Waals surface area contributed by atoms with Gasteiger partial charge in [-0.15, -0.1) is 0 Å². The maximum Gasteiger partial charge on any atom is 0.122 e. The van der Waals surface area contributed by atoms with Gasteiger partial charge in [-0.2, -0.15) is 0 Å². The second kappa shape index (κ2) is 1.21. The van der Waals surface area contributed by atoms with Crippen LogP contribution < -0.4 is 0 Å². The van der Waals surface area contributed by atoms with E-state index in [1.54, 1.807) is 6.92 Å². The van der Waals surface area contributed by atoms with Gasteiger partial charge in [0.15, 0.2) is 0 Å². The van der Waals surface area contributed by atoms with Gasteiger partial charge in [0.1, 0.15) is 6.10 Å². The smallest absolute Gasteiger partial charge is 0.122 e. The average molecular weight is 100 g/mol. The van der Waals surface area contributed by atoms with Crippen LogP contribution in [0.3, 0.4) is 0 Å². The molecule has 1 aliphatic heterocycles. The van der Waals surface area contributed by atoms with Gasteiger partial charge in [0, 0.05) is 0 Å². The summed E-state index contributed by atoms with van der Waals surface area (Å²) in [5.41, 5.74) is 0.500. The molecule has 0 radical (unpaired) electrons. The Morgan fingerprint density at radius 3 is 2.57 bits per heavy atom. The molecule has 1 unspecified atom stereocenters. The fraction of sp³-hybridized carbons (Fsp3) is 0.500. The van der Waals surface area contributed by atoms with Crippen LogP contribution in [0.2, 0.25) is 0 Å². The van der Waals surface area contributed by atoms with Gasteiger partial charge in [-0.3, -0.25) is 4.84 Å². The van der Waals surface area contributed by atoms with E-state index in [4.69, 9.17) is 0 Å². The van der Waals surface area contributed by atoms with E-state index in [-0.39, 0.29) is 6.10 Å². The van der Waals surface area contributed by atoms with Gasteiger partial charge in [0.2, 0.25) is 0 Å². The predicted octanol–water partition coefficient (Wildman–Crippen LogP) is 0.634. The van der Waals surface area contributed by atoms with Gasteiger partial charge in [-0.1, -0.05) is 6.58 Å². The molecule has 1 atom stereocenters. The summed E-state index contributed by atoms with van der Waals surface area (Å²) in [6, 6.07) is 0. The molecular weight excluding hydrogens is 94.0 g/mol. The third kappa shape index (κ3) is 0.498. The molecule has 1 heterocycles. The molecule has 3 nitrogen and oxygen atoms in total. The fourth-order valence-corrected chi connectivity index (χ4v) is 0.371. The predicted molar refractivity (Wildman–Crippen MR) is 24.9 cm³/mol. The van der Waals surface area contributed by atoms with Crippen molar-refractivity contribution >= 4 is 0 Å². The monoisotopic (exact) mass is 100 g/mol. The van der Waals surface area contributed by atoms with E-state index in [0.29, 0.717) is 10.9 Å².